The lowest BCUT2D eigenvalue weighted by Gasteiger charge is -2.29. The highest BCUT2D eigenvalue weighted by Crippen LogP contribution is 2.33. The van der Waals surface area contributed by atoms with E-state index < -0.39 is 0 Å². The predicted octanol–water partition coefficient (Wildman–Crippen LogP) is 4.97. The number of hydrogen-bond donors (Lipinski definition) is 1. The van der Waals surface area contributed by atoms with Crippen LogP contribution < -0.4 is 15.1 Å². The van der Waals surface area contributed by atoms with Crippen molar-refractivity contribution < 1.29 is 14.3 Å². The van der Waals surface area contributed by atoms with Gasteiger partial charge in [-0.2, -0.15) is 0 Å². The van der Waals surface area contributed by atoms with Crippen LogP contribution in [0.5, 0.6) is 0 Å². The summed E-state index contributed by atoms with van der Waals surface area (Å²) in [6.45, 7) is 3.58. The summed E-state index contributed by atoms with van der Waals surface area (Å²) in [5.41, 5.74) is 6.93. The third kappa shape index (κ3) is 5.40. The SMILES string of the molecule is O=C(Nc1ccc2c(c1)CCN2C(=O)Cc1ccccn1)c1cc(N2CCOCC2)ccc1-c1ccccc1. The molecule has 39 heavy (non-hydrogen) atoms. The molecule has 0 atom stereocenters. The zero-order valence-electron chi connectivity index (χ0n) is 21.7. The number of aromatic nitrogens is 1. The van der Waals surface area contributed by atoms with Gasteiger partial charge in [-0.1, -0.05) is 42.5 Å². The number of rotatable bonds is 6. The van der Waals surface area contributed by atoms with Gasteiger partial charge in [-0.3, -0.25) is 14.6 Å². The second-order valence-electron chi connectivity index (χ2n) is 9.79. The van der Waals surface area contributed by atoms with Crippen LogP contribution in [0.25, 0.3) is 11.1 Å². The molecular weight excluding hydrogens is 488 g/mol. The largest absolute Gasteiger partial charge is 0.378 e. The van der Waals surface area contributed by atoms with Crippen molar-refractivity contribution in [1.82, 2.24) is 4.98 Å². The topological polar surface area (TPSA) is 74.8 Å². The molecule has 2 aliphatic heterocycles. The molecule has 2 amide bonds. The number of nitrogens with one attached hydrogen (secondary N) is 1. The lowest BCUT2D eigenvalue weighted by Crippen LogP contribution is -2.36. The Morgan fingerprint density at radius 2 is 1.69 bits per heavy atom. The fourth-order valence-corrected chi connectivity index (χ4v) is 5.30. The molecule has 6 rings (SSSR count). The predicted molar refractivity (Wildman–Crippen MR) is 153 cm³/mol. The number of ether oxygens (including phenoxy) is 1. The number of fused-ring (bicyclic) bond motifs is 1. The van der Waals surface area contributed by atoms with Crippen molar-refractivity contribution in [2.24, 2.45) is 0 Å². The van der Waals surface area contributed by atoms with E-state index in [4.69, 9.17) is 4.74 Å². The van der Waals surface area contributed by atoms with Crippen LogP contribution >= 0.6 is 0 Å². The van der Waals surface area contributed by atoms with Gasteiger partial charge in [0, 0.05) is 54.2 Å². The average Bonchev–Trinajstić information content (AvgIpc) is 3.42. The van der Waals surface area contributed by atoms with Crippen LogP contribution in [-0.2, 0) is 22.4 Å². The van der Waals surface area contributed by atoms with Gasteiger partial charge in [-0.15, -0.1) is 0 Å². The van der Waals surface area contributed by atoms with Crippen molar-refractivity contribution >= 4 is 28.9 Å². The molecule has 1 saturated heterocycles. The summed E-state index contributed by atoms with van der Waals surface area (Å²) in [5.74, 6) is -0.137. The lowest BCUT2D eigenvalue weighted by molar-refractivity contribution is -0.117. The first kappa shape index (κ1) is 24.8. The molecule has 2 aliphatic rings. The monoisotopic (exact) mass is 518 g/mol. The highest BCUT2D eigenvalue weighted by atomic mass is 16.5. The molecule has 3 heterocycles. The summed E-state index contributed by atoms with van der Waals surface area (Å²) < 4.78 is 5.51. The van der Waals surface area contributed by atoms with Crippen molar-refractivity contribution in [3.63, 3.8) is 0 Å². The summed E-state index contributed by atoms with van der Waals surface area (Å²) in [4.78, 5) is 35.0. The van der Waals surface area contributed by atoms with Crippen LogP contribution in [0.2, 0.25) is 0 Å². The Morgan fingerprint density at radius 3 is 2.49 bits per heavy atom. The fraction of sp³-hybridized carbons (Fsp3) is 0.219. The minimum atomic E-state index is -0.162. The van der Waals surface area contributed by atoms with E-state index >= 15 is 0 Å². The maximum atomic E-state index is 13.7. The number of anilines is 3. The zero-order chi connectivity index (χ0) is 26.6. The number of carbonyl (C=O) groups excluding carboxylic acids is 2. The lowest BCUT2D eigenvalue weighted by atomic mass is 9.98. The number of benzene rings is 3. The van der Waals surface area contributed by atoms with Crippen LogP contribution in [-0.4, -0.2) is 49.6 Å². The zero-order valence-corrected chi connectivity index (χ0v) is 21.7. The maximum Gasteiger partial charge on any atom is 0.256 e. The van der Waals surface area contributed by atoms with Crippen LogP contribution in [0.4, 0.5) is 17.1 Å². The normalized spacial score (nSPS) is 14.7. The highest BCUT2D eigenvalue weighted by molar-refractivity contribution is 6.09. The van der Waals surface area contributed by atoms with Crippen molar-refractivity contribution in [3.05, 3.63) is 108 Å². The average molecular weight is 519 g/mol. The van der Waals surface area contributed by atoms with E-state index in [1.807, 2.05) is 83.8 Å². The number of carbonyl (C=O) groups is 2. The van der Waals surface area contributed by atoms with Gasteiger partial charge in [0.1, 0.15) is 0 Å². The van der Waals surface area contributed by atoms with Gasteiger partial charge < -0.3 is 19.9 Å². The minimum Gasteiger partial charge on any atom is -0.378 e. The number of morpholine rings is 1. The molecule has 0 spiro atoms. The highest BCUT2D eigenvalue weighted by Gasteiger charge is 2.26. The van der Waals surface area contributed by atoms with Crippen LogP contribution in [0.15, 0.2) is 91.1 Å². The number of amides is 2. The molecule has 1 aromatic heterocycles. The van der Waals surface area contributed by atoms with E-state index in [1.165, 1.54) is 0 Å². The quantitative estimate of drug-likeness (QED) is 0.390. The second-order valence-corrected chi connectivity index (χ2v) is 9.79. The summed E-state index contributed by atoms with van der Waals surface area (Å²) >= 11 is 0. The first-order valence-electron chi connectivity index (χ1n) is 13.3. The fourth-order valence-electron chi connectivity index (χ4n) is 5.30. The molecule has 0 unspecified atom stereocenters. The standard InChI is InChI=1S/C32H30N4O3/c37-31(21-25-8-4-5-14-33-25)36-15-13-24-20-26(9-12-30(24)36)34-32(38)29-22-27(35-16-18-39-19-17-35)10-11-28(29)23-6-2-1-3-7-23/h1-12,14,20,22H,13,15-19,21H2,(H,34,38). The first-order valence-corrected chi connectivity index (χ1v) is 13.3. The summed E-state index contributed by atoms with van der Waals surface area (Å²) in [6, 6.07) is 27.4. The van der Waals surface area contributed by atoms with Crippen molar-refractivity contribution in [2.45, 2.75) is 12.8 Å². The molecule has 0 radical (unpaired) electrons. The van der Waals surface area contributed by atoms with E-state index in [0.717, 1.165) is 53.3 Å². The van der Waals surface area contributed by atoms with Gasteiger partial charge in [-0.05, 0) is 65.6 Å². The Morgan fingerprint density at radius 1 is 0.872 bits per heavy atom. The molecule has 0 bridgehead atoms. The Balaban J connectivity index is 1.24. The Bertz CT molecular complexity index is 1480. The van der Waals surface area contributed by atoms with Gasteiger partial charge in [0.15, 0.2) is 0 Å². The Hall–Kier alpha value is -4.49. The van der Waals surface area contributed by atoms with Crippen molar-refractivity contribution in [3.8, 4) is 11.1 Å². The van der Waals surface area contributed by atoms with Gasteiger partial charge >= 0.3 is 0 Å². The van der Waals surface area contributed by atoms with Crippen LogP contribution in [0, 0.1) is 0 Å². The third-order valence-corrected chi connectivity index (χ3v) is 7.30. The number of hydrogen-bond acceptors (Lipinski definition) is 5. The minimum absolute atomic E-state index is 0.0247. The first-order chi connectivity index (χ1) is 19.2. The Kier molecular flexibility index (Phi) is 7.06. The van der Waals surface area contributed by atoms with E-state index in [9.17, 15) is 9.59 Å². The molecule has 196 valence electrons. The smallest absolute Gasteiger partial charge is 0.256 e. The maximum absolute atomic E-state index is 13.7. The van der Waals surface area contributed by atoms with E-state index in [2.05, 4.69) is 21.3 Å². The van der Waals surface area contributed by atoms with Gasteiger partial charge in [0.25, 0.3) is 5.91 Å². The van der Waals surface area contributed by atoms with Gasteiger partial charge in [-0.25, -0.2) is 0 Å². The molecule has 0 aliphatic carbocycles. The molecule has 7 nitrogen and oxygen atoms in total. The van der Waals surface area contributed by atoms with E-state index in [0.29, 0.717) is 31.0 Å². The summed E-state index contributed by atoms with van der Waals surface area (Å²) in [6.07, 6.45) is 2.71. The van der Waals surface area contributed by atoms with Crippen LogP contribution in [0.3, 0.4) is 0 Å². The number of pyridine rings is 1. The number of nitrogens with zero attached hydrogens (tertiary/aromatic N) is 3. The molecule has 1 N–H and O–H groups in total. The summed E-state index contributed by atoms with van der Waals surface area (Å²) in [5, 5.41) is 3.12. The molecule has 3 aromatic carbocycles. The van der Waals surface area contributed by atoms with Gasteiger partial charge in [0.05, 0.1) is 19.6 Å². The Labute approximate surface area is 228 Å². The molecule has 7 heteroatoms. The van der Waals surface area contributed by atoms with Crippen molar-refractivity contribution in [1.29, 1.82) is 0 Å². The molecular formula is C32H30N4O3. The molecule has 0 saturated carbocycles. The van der Waals surface area contributed by atoms with Crippen molar-refractivity contribution in [2.75, 3.05) is 48.0 Å². The third-order valence-electron chi connectivity index (χ3n) is 7.30. The second kappa shape index (κ2) is 11.1. The molecule has 1 fully saturated rings. The summed E-state index contributed by atoms with van der Waals surface area (Å²) in [7, 11) is 0. The molecule has 4 aromatic rings. The van der Waals surface area contributed by atoms with Crippen LogP contribution in [0.1, 0.15) is 21.6 Å². The van der Waals surface area contributed by atoms with Gasteiger partial charge in [0.2, 0.25) is 5.91 Å². The van der Waals surface area contributed by atoms with E-state index in [1.54, 1.807) is 6.20 Å². The van der Waals surface area contributed by atoms with E-state index in [-0.39, 0.29) is 18.2 Å².